The minimum Gasteiger partial charge on any atom is -0.453 e. The van der Waals surface area contributed by atoms with E-state index in [-0.39, 0.29) is 5.41 Å². The van der Waals surface area contributed by atoms with E-state index in [0.29, 0.717) is 0 Å². The van der Waals surface area contributed by atoms with Gasteiger partial charge >= 0.3 is 0 Å². The Morgan fingerprint density at radius 1 is 0.704 bits per heavy atom. The highest BCUT2D eigenvalue weighted by molar-refractivity contribution is 5.89. The van der Waals surface area contributed by atoms with Crippen molar-refractivity contribution >= 4 is 17.1 Å². The number of rotatable bonds is 1. The number of ether oxygens (including phenoxy) is 1. The number of hydrogen-bond acceptors (Lipinski definition) is 2. The standard InChI is InChI=1S/C25H27NO/c1-16-10-9-13-22-24(16)26(20-11-7-8-12-21(20)27-22)23-17(2)14-19(15-18(23)3)25(4,5)6/h7-15H,1-6H3. The largest absolute Gasteiger partial charge is 0.453 e. The molecule has 3 aromatic carbocycles. The molecule has 2 nitrogen and oxygen atoms in total. The van der Waals surface area contributed by atoms with Gasteiger partial charge in [0.1, 0.15) is 0 Å². The van der Waals surface area contributed by atoms with E-state index < -0.39 is 0 Å². The van der Waals surface area contributed by atoms with Crippen LogP contribution >= 0.6 is 0 Å². The fourth-order valence-electron chi connectivity index (χ4n) is 3.94. The first kappa shape index (κ1) is 17.7. The van der Waals surface area contributed by atoms with Gasteiger partial charge in [0, 0.05) is 0 Å². The average Bonchev–Trinajstić information content (AvgIpc) is 2.60. The van der Waals surface area contributed by atoms with E-state index in [4.69, 9.17) is 4.74 Å². The van der Waals surface area contributed by atoms with Crippen LogP contribution in [0, 0.1) is 20.8 Å². The molecule has 1 heterocycles. The lowest BCUT2D eigenvalue weighted by atomic mass is 9.84. The van der Waals surface area contributed by atoms with Crippen LogP contribution in [0.4, 0.5) is 17.1 Å². The molecular formula is C25H27NO. The summed E-state index contributed by atoms with van der Waals surface area (Å²) >= 11 is 0. The van der Waals surface area contributed by atoms with Crippen LogP contribution in [0.15, 0.2) is 54.6 Å². The van der Waals surface area contributed by atoms with Crippen LogP contribution in [0.2, 0.25) is 0 Å². The zero-order valence-corrected chi connectivity index (χ0v) is 17.1. The zero-order valence-electron chi connectivity index (χ0n) is 17.1. The van der Waals surface area contributed by atoms with Crippen LogP contribution in [0.5, 0.6) is 11.5 Å². The van der Waals surface area contributed by atoms with Crippen molar-refractivity contribution in [2.45, 2.75) is 47.0 Å². The van der Waals surface area contributed by atoms with Gasteiger partial charge in [-0.15, -0.1) is 0 Å². The van der Waals surface area contributed by atoms with Crippen molar-refractivity contribution in [2.24, 2.45) is 0 Å². The Morgan fingerprint density at radius 2 is 1.33 bits per heavy atom. The average molecular weight is 357 g/mol. The summed E-state index contributed by atoms with van der Waals surface area (Å²) in [6, 6.07) is 19.2. The Labute approximate surface area is 162 Å². The third kappa shape index (κ3) is 2.90. The lowest BCUT2D eigenvalue weighted by Gasteiger charge is -2.36. The lowest BCUT2D eigenvalue weighted by molar-refractivity contribution is 0.476. The Balaban J connectivity index is 2.00. The number of fused-ring (bicyclic) bond motifs is 2. The van der Waals surface area contributed by atoms with Crippen LogP contribution in [0.3, 0.4) is 0 Å². The smallest absolute Gasteiger partial charge is 0.151 e. The molecule has 0 fully saturated rings. The number of benzene rings is 3. The van der Waals surface area contributed by atoms with Gasteiger partial charge in [0.2, 0.25) is 0 Å². The highest BCUT2D eigenvalue weighted by atomic mass is 16.5. The van der Waals surface area contributed by atoms with Gasteiger partial charge in [0.05, 0.1) is 17.1 Å². The molecule has 3 aromatic rings. The Kier molecular flexibility index (Phi) is 4.03. The summed E-state index contributed by atoms with van der Waals surface area (Å²) in [5, 5.41) is 0. The van der Waals surface area contributed by atoms with Gasteiger partial charge in [-0.25, -0.2) is 0 Å². The van der Waals surface area contributed by atoms with Crippen molar-refractivity contribution in [3.63, 3.8) is 0 Å². The van der Waals surface area contributed by atoms with Gasteiger partial charge in [-0.1, -0.05) is 57.2 Å². The van der Waals surface area contributed by atoms with Crippen molar-refractivity contribution < 1.29 is 4.74 Å². The van der Waals surface area contributed by atoms with Crippen molar-refractivity contribution in [3.05, 3.63) is 76.9 Å². The highest BCUT2D eigenvalue weighted by Gasteiger charge is 2.29. The van der Waals surface area contributed by atoms with Crippen molar-refractivity contribution in [3.8, 4) is 11.5 Å². The maximum atomic E-state index is 6.23. The molecule has 1 aliphatic rings. The molecule has 138 valence electrons. The predicted octanol–water partition coefficient (Wildman–Crippen LogP) is 7.48. The van der Waals surface area contributed by atoms with Crippen LogP contribution in [-0.2, 0) is 5.41 Å². The molecule has 0 bridgehead atoms. The van der Waals surface area contributed by atoms with E-state index in [9.17, 15) is 0 Å². The van der Waals surface area contributed by atoms with E-state index in [1.54, 1.807) is 0 Å². The second-order valence-corrected chi connectivity index (χ2v) is 8.54. The summed E-state index contributed by atoms with van der Waals surface area (Å²) in [5.74, 6) is 1.81. The van der Waals surface area contributed by atoms with Gasteiger partial charge in [0.25, 0.3) is 0 Å². The molecule has 0 unspecified atom stereocenters. The fourth-order valence-corrected chi connectivity index (χ4v) is 3.94. The maximum absolute atomic E-state index is 6.23. The molecule has 0 N–H and O–H groups in total. The molecule has 1 aliphatic heterocycles. The highest BCUT2D eigenvalue weighted by Crippen LogP contribution is 2.53. The summed E-state index contributed by atoms with van der Waals surface area (Å²) < 4.78 is 6.23. The van der Waals surface area contributed by atoms with Crippen molar-refractivity contribution in [2.75, 3.05) is 4.90 Å². The number of hydrogen-bond donors (Lipinski definition) is 0. The molecule has 2 heteroatoms. The van der Waals surface area contributed by atoms with Gasteiger partial charge in [-0.05, 0) is 66.6 Å². The quantitative estimate of drug-likeness (QED) is 0.350. The topological polar surface area (TPSA) is 12.5 Å². The number of anilines is 3. The lowest BCUT2D eigenvalue weighted by Crippen LogP contribution is -2.20. The van der Waals surface area contributed by atoms with Gasteiger partial charge < -0.3 is 9.64 Å². The fraction of sp³-hybridized carbons (Fsp3) is 0.280. The Bertz CT molecular complexity index is 1000. The molecule has 4 rings (SSSR count). The molecule has 0 spiro atoms. The van der Waals surface area contributed by atoms with E-state index >= 15 is 0 Å². The van der Waals surface area contributed by atoms with Crippen LogP contribution in [0.1, 0.15) is 43.0 Å². The number of aryl methyl sites for hydroxylation is 3. The van der Waals surface area contributed by atoms with E-state index in [1.165, 1.54) is 27.9 Å². The summed E-state index contributed by atoms with van der Waals surface area (Å²) in [4.78, 5) is 2.38. The molecule has 0 saturated carbocycles. The SMILES string of the molecule is Cc1cc(C(C)(C)C)cc(C)c1N1c2ccccc2Oc2cccc(C)c21. The van der Waals surface area contributed by atoms with Crippen molar-refractivity contribution in [1.29, 1.82) is 0 Å². The Morgan fingerprint density at radius 3 is 2.00 bits per heavy atom. The third-order valence-electron chi connectivity index (χ3n) is 5.33. The summed E-state index contributed by atoms with van der Waals surface area (Å²) in [7, 11) is 0. The molecule has 0 atom stereocenters. The first-order valence-corrected chi connectivity index (χ1v) is 9.56. The summed E-state index contributed by atoms with van der Waals surface area (Å²) in [6.07, 6.45) is 0. The molecule has 0 saturated heterocycles. The van der Waals surface area contributed by atoms with Gasteiger partial charge in [0.15, 0.2) is 11.5 Å². The Hall–Kier alpha value is -2.74. The van der Waals surface area contributed by atoms with Crippen LogP contribution < -0.4 is 9.64 Å². The second-order valence-electron chi connectivity index (χ2n) is 8.54. The predicted molar refractivity (Wildman–Crippen MR) is 114 cm³/mol. The first-order chi connectivity index (χ1) is 12.8. The van der Waals surface area contributed by atoms with Crippen LogP contribution in [-0.4, -0.2) is 0 Å². The van der Waals surface area contributed by atoms with Crippen molar-refractivity contribution in [1.82, 2.24) is 0 Å². The maximum Gasteiger partial charge on any atom is 0.151 e. The minimum absolute atomic E-state index is 0.130. The van der Waals surface area contributed by atoms with E-state index in [1.807, 2.05) is 12.1 Å². The zero-order chi connectivity index (χ0) is 19.3. The van der Waals surface area contributed by atoms with Gasteiger partial charge in [-0.3, -0.25) is 0 Å². The first-order valence-electron chi connectivity index (χ1n) is 9.56. The van der Waals surface area contributed by atoms with E-state index in [0.717, 1.165) is 22.9 Å². The third-order valence-corrected chi connectivity index (χ3v) is 5.33. The molecular weight excluding hydrogens is 330 g/mol. The molecule has 27 heavy (non-hydrogen) atoms. The summed E-state index contributed by atoms with van der Waals surface area (Å²) in [6.45, 7) is 13.4. The molecule has 0 aliphatic carbocycles. The normalized spacial score (nSPS) is 13.0. The molecule has 0 radical (unpaired) electrons. The number of para-hydroxylation sites is 3. The molecule has 0 amide bonds. The van der Waals surface area contributed by atoms with E-state index in [2.05, 4.69) is 88.9 Å². The monoisotopic (exact) mass is 357 g/mol. The minimum atomic E-state index is 0.130. The summed E-state index contributed by atoms with van der Waals surface area (Å²) in [5.41, 5.74) is 8.74. The van der Waals surface area contributed by atoms with Gasteiger partial charge in [-0.2, -0.15) is 0 Å². The molecule has 0 aromatic heterocycles. The van der Waals surface area contributed by atoms with Crippen LogP contribution in [0.25, 0.3) is 0 Å². The number of nitrogens with zero attached hydrogens (tertiary/aromatic N) is 1. The second kappa shape index (κ2) is 6.16.